The lowest BCUT2D eigenvalue weighted by atomic mass is 9.80. The van der Waals surface area contributed by atoms with Crippen molar-refractivity contribution in [2.45, 2.75) is 18.6 Å². The molecule has 11 heteroatoms. The van der Waals surface area contributed by atoms with Crippen LogP contribution in [0.25, 0.3) is 0 Å². The number of nitrogens with zero attached hydrogens (tertiary/aromatic N) is 5. The second kappa shape index (κ2) is 8.32. The third-order valence-electron chi connectivity index (χ3n) is 6.22. The second-order valence-electron chi connectivity index (χ2n) is 8.34. The number of carbonyl (C=O) groups is 1. The summed E-state index contributed by atoms with van der Waals surface area (Å²) < 4.78 is 50.2. The van der Waals surface area contributed by atoms with Gasteiger partial charge < -0.3 is 15.0 Å². The third-order valence-corrected chi connectivity index (χ3v) is 6.22. The Morgan fingerprint density at radius 3 is 2.34 bits per heavy atom. The van der Waals surface area contributed by atoms with Gasteiger partial charge in [-0.25, -0.2) is 4.79 Å². The van der Waals surface area contributed by atoms with Crippen LogP contribution in [-0.4, -0.2) is 54.4 Å². The van der Waals surface area contributed by atoms with Crippen LogP contribution in [0.4, 0.5) is 23.7 Å². The molecule has 0 aliphatic carbocycles. The number of urea groups is 1. The summed E-state index contributed by atoms with van der Waals surface area (Å²) in [6, 6.07) is 14.9. The van der Waals surface area contributed by atoms with E-state index in [1.165, 1.54) is 29.2 Å². The third kappa shape index (κ3) is 3.49. The molecule has 1 N–H and O–H groups in total. The number of anilines is 1. The topological polar surface area (TPSA) is 84.2 Å². The molecule has 3 aliphatic heterocycles. The molecular formula is C24H21F3N6O2. The SMILES string of the molecule is Cc1ccc([C@]2(C(F)(F)F)NC(=O)N3N=C(N4CCOCC4)N(c4ccccc4)C3=C2C#N)cc1. The number of morpholine rings is 1. The van der Waals surface area contributed by atoms with Crippen molar-refractivity contribution in [1.82, 2.24) is 15.2 Å². The van der Waals surface area contributed by atoms with Gasteiger partial charge in [0, 0.05) is 13.1 Å². The molecule has 0 bridgehead atoms. The summed E-state index contributed by atoms with van der Waals surface area (Å²) in [6.07, 6.45) is -5.02. The molecule has 2 aromatic carbocycles. The zero-order valence-corrected chi connectivity index (χ0v) is 18.7. The van der Waals surface area contributed by atoms with Gasteiger partial charge in [0.1, 0.15) is 11.6 Å². The van der Waals surface area contributed by atoms with Crippen LogP contribution in [0, 0.1) is 18.3 Å². The lowest BCUT2D eigenvalue weighted by molar-refractivity contribution is -0.186. The lowest BCUT2D eigenvalue weighted by Gasteiger charge is -2.42. The van der Waals surface area contributed by atoms with Crippen molar-refractivity contribution in [3.63, 3.8) is 0 Å². The van der Waals surface area contributed by atoms with Crippen molar-refractivity contribution >= 4 is 17.7 Å². The molecule has 0 spiro atoms. The number of carbonyl (C=O) groups excluding carboxylic acids is 1. The number of benzene rings is 2. The molecule has 3 heterocycles. The van der Waals surface area contributed by atoms with E-state index in [2.05, 4.69) is 10.4 Å². The monoisotopic (exact) mass is 482 g/mol. The van der Waals surface area contributed by atoms with Gasteiger partial charge in [-0.1, -0.05) is 48.0 Å². The summed E-state index contributed by atoms with van der Waals surface area (Å²) in [6.45, 7) is 3.39. The van der Waals surface area contributed by atoms with E-state index in [4.69, 9.17) is 4.74 Å². The van der Waals surface area contributed by atoms with Crippen molar-refractivity contribution < 1.29 is 22.7 Å². The van der Waals surface area contributed by atoms with Gasteiger partial charge in [0.05, 0.1) is 18.9 Å². The maximum Gasteiger partial charge on any atom is 0.421 e. The van der Waals surface area contributed by atoms with Crippen LogP contribution in [-0.2, 0) is 10.3 Å². The van der Waals surface area contributed by atoms with E-state index in [-0.39, 0.29) is 17.3 Å². The molecular weight excluding hydrogens is 461 g/mol. The number of nitriles is 1. The fourth-order valence-electron chi connectivity index (χ4n) is 4.49. The molecule has 0 unspecified atom stereocenters. The molecule has 5 rings (SSSR count). The number of hydrazone groups is 1. The number of hydrogen-bond donors (Lipinski definition) is 1. The Bertz CT molecular complexity index is 1250. The number of nitrogens with one attached hydrogen (secondary N) is 1. The molecule has 1 saturated heterocycles. The van der Waals surface area contributed by atoms with Crippen LogP contribution in [0.2, 0.25) is 0 Å². The Morgan fingerprint density at radius 2 is 1.74 bits per heavy atom. The maximum atomic E-state index is 14.9. The summed E-state index contributed by atoms with van der Waals surface area (Å²) in [5.74, 6) is 0.00104. The summed E-state index contributed by atoms with van der Waals surface area (Å²) >= 11 is 0. The minimum atomic E-state index is -5.02. The smallest absolute Gasteiger partial charge is 0.378 e. The fraction of sp³-hybridized carbons (Fsp3) is 0.292. The Hall–Kier alpha value is -4.04. The Morgan fingerprint density at radius 1 is 1.09 bits per heavy atom. The second-order valence-corrected chi connectivity index (χ2v) is 8.34. The van der Waals surface area contributed by atoms with Crippen LogP contribution < -0.4 is 10.2 Å². The summed E-state index contributed by atoms with van der Waals surface area (Å²) in [4.78, 5) is 16.5. The first-order valence-corrected chi connectivity index (χ1v) is 11.0. The normalized spacial score (nSPS) is 22.5. The number of rotatable bonds is 2. The quantitative estimate of drug-likeness (QED) is 0.707. The molecule has 8 nitrogen and oxygen atoms in total. The van der Waals surface area contributed by atoms with Crippen molar-refractivity contribution in [2.75, 3.05) is 31.2 Å². The minimum Gasteiger partial charge on any atom is -0.378 e. The number of halogens is 3. The zero-order chi connectivity index (χ0) is 24.8. The van der Waals surface area contributed by atoms with Crippen molar-refractivity contribution in [3.05, 3.63) is 77.1 Å². The van der Waals surface area contributed by atoms with E-state index in [9.17, 15) is 23.2 Å². The highest BCUT2D eigenvalue weighted by Gasteiger charge is 2.65. The fourth-order valence-corrected chi connectivity index (χ4v) is 4.49. The number of aryl methyl sites for hydroxylation is 1. The van der Waals surface area contributed by atoms with Gasteiger partial charge >= 0.3 is 12.2 Å². The highest BCUT2D eigenvalue weighted by Crippen LogP contribution is 2.50. The van der Waals surface area contributed by atoms with E-state index in [0.29, 0.717) is 32.0 Å². The first-order valence-electron chi connectivity index (χ1n) is 11.0. The first-order chi connectivity index (χ1) is 16.8. The van der Waals surface area contributed by atoms with Crippen LogP contribution in [0.3, 0.4) is 0 Å². The molecule has 2 aromatic rings. The number of fused-ring (bicyclic) bond motifs is 1. The van der Waals surface area contributed by atoms with Gasteiger partial charge in [0.15, 0.2) is 5.82 Å². The Balaban J connectivity index is 1.79. The van der Waals surface area contributed by atoms with Gasteiger partial charge in [-0.05, 0) is 24.6 Å². The molecule has 0 radical (unpaired) electrons. The molecule has 0 aromatic heterocycles. The summed E-state index contributed by atoms with van der Waals surface area (Å²) in [5.41, 5.74) is -2.78. The van der Waals surface area contributed by atoms with E-state index >= 15 is 0 Å². The lowest BCUT2D eigenvalue weighted by Crippen LogP contribution is -2.63. The maximum absolute atomic E-state index is 14.9. The molecule has 180 valence electrons. The van der Waals surface area contributed by atoms with Gasteiger partial charge in [-0.3, -0.25) is 4.90 Å². The first kappa shape index (κ1) is 22.7. The Labute approximate surface area is 199 Å². The number of para-hydroxylation sites is 1. The molecule has 0 saturated carbocycles. The predicted molar refractivity (Wildman–Crippen MR) is 121 cm³/mol. The van der Waals surface area contributed by atoms with Gasteiger partial charge in [-0.2, -0.15) is 23.4 Å². The van der Waals surface area contributed by atoms with E-state index < -0.39 is 23.3 Å². The number of amides is 2. The average molecular weight is 482 g/mol. The molecule has 35 heavy (non-hydrogen) atoms. The van der Waals surface area contributed by atoms with Crippen molar-refractivity contribution in [1.29, 1.82) is 5.26 Å². The minimum absolute atomic E-state index is 0.248. The zero-order valence-electron chi connectivity index (χ0n) is 18.7. The van der Waals surface area contributed by atoms with Crippen LogP contribution in [0.5, 0.6) is 0 Å². The van der Waals surface area contributed by atoms with Crippen molar-refractivity contribution in [3.8, 4) is 6.07 Å². The van der Waals surface area contributed by atoms with Crippen LogP contribution in [0.1, 0.15) is 11.1 Å². The van der Waals surface area contributed by atoms with E-state index in [1.54, 1.807) is 43.3 Å². The van der Waals surface area contributed by atoms with Gasteiger partial charge in [-0.15, -0.1) is 5.10 Å². The van der Waals surface area contributed by atoms with Crippen LogP contribution in [0.15, 0.2) is 71.1 Å². The molecule has 1 atom stereocenters. The number of ether oxygens (including phenoxy) is 1. The predicted octanol–water partition coefficient (Wildman–Crippen LogP) is 3.64. The standard InChI is InChI=1S/C24H21F3N6O2/c1-16-7-9-17(10-8-16)23(24(25,26)27)19(15-28)20-32(18-5-3-2-4-6-18)21(30-33(20)22(34)29-23)31-11-13-35-14-12-31/h2-10H,11-14H2,1H3,(H,29,34)/t23-/m0/s1. The van der Waals surface area contributed by atoms with Crippen LogP contribution >= 0.6 is 0 Å². The number of alkyl halides is 3. The largest absolute Gasteiger partial charge is 0.421 e. The van der Waals surface area contributed by atoms with Gasteiger partial charge in [0.2, 0.25) is 11.5 Å². The highest BCUT2D eigenvalue weighted by atomic mass is 19.4. The Kier molecular flexibility index (Phi) is 5.40. The molecule has 3 aliphatic rings. The summed E-state index contributed by atoms with van der Waals surface area (Å²) in [7, 11) is 0. The molecule has 2 amide bonds. The van der Waals surface area contributed by atoms with Gasteiger partial charge in [0.25, 0.3) is 0 Å². The molecule has 1 fully saturated rings. The summed E-state index contributed by atoms with van der Waals surface area (Å²) in [5, 5.41) is 17.5. The number of hydrogen-bond acceptors (Lipinski definition) is 6. The van der Waals surface area contributed by atoms with E-state index in [1.807, 2.05) is 4.90 Å². The number of guanidine groups is 1. The van der Waals surface area contributed by atoms with E-state index in [0.717, 1.165) is 10.6 Å². The highest BCUT2D eigenvalue weighted by molar-refractivity contribution is 6.04. The van der Waals surface area contributed by atoms with Crippen molar-refractivity contribution in [2.24, 2.45) is 5.10 Å². The average Bonchev–Trinajstić information content (AvgIpc) is 3.26.